The Balaban J connectivity index is 2.53. The van der Waals surface area contributed by atoms with Crippen molar-refractivity contribution in [1.29, 1.82) is 0 Å². The van der Waals surface area contributed by atoms with Crippen LogP contribution in [-0.4, -0.2) is 29.1 Å². The van der Waals surface area contributed by atoms with E-state index in [4.69, 9.17) is 5.73 Å². The van der Waals surface area contributed by atoms with Gasteiger partial charge in [-0.1, -0.05) is 13.8 Å². The fraction of sp³-hybridized carbons (Fsp3) is 0.667. The Morgan fingerprint density at radius 1 is 1.40 bits per heavy atom. The molecule has 0 aliphatic heterocycles. The summed E-state index contributed by atoms with van der Waals surface area (Å²) >= 11 is 0. The van der Waals surface area contributed by atoms with Crippen molar-refractivity contribution in [2.45, 2.75) is 33.4 Å². The molecule has 1 aromatic rings. The van der Waals surface area contributed by atoms with Gasteiger partial charge in [0.15, 0.2) is 0 Å². The Labute approximate surface area is 92.9 Å². The molecule has 0 aromatic carbocycles. The van der Waals surface area contributed by atoms with Crippen molar-refractivity contribution in [3.63, 3.8) is 0 Å². The maximum atomic E-state index is 5.90. The minimum atomic E-state index is 0.122. The lowest BCUT2D eigenvalue weighted by Gasteiger charge is -2.20. The van der Waals surface area contributed by atoms with Crippen molar-refractivity contribution in [3.05, 3.63) is 24.0 Å². The summed E-state index contributed by atoms with van der Waals surface area (Å²) in [4.78, 5) is 2.42. The van der Waals surface area contributed by atoms with Crippen LogP contribution in [0.5, 0.6) is 0 Å². The highest BCUT2D eigenvalue weighted by atomic mass is 15.1. The molecule has 0 saturated heterocycles. The number of likely N-dealkylation sites (N-methyl/N-ethyl adjacent to an activating group) is 1. The molecule has 1 aromatic heterocycles. The van der Waals surface area contributed by atoms with Crippen LogP contribution in [0.2, 0.25) is 0 Å². The molecule has 0 fully saturated rings. The lowest BCUT2D eigenvalue weighted by molar-refractivity contribution is 0.289. The van der Waals surface area contributed by atoms with Gasteiger partial charge in [-0.05, 0) is 32.1 Å². The first kappa shape index (κ1) is 12.3. The Kier molecular flexibility index (Phi) is 4.85. The predicted octanol–water partition coefficient (Wildman–Crippen LogP) is 1.85. The molecule has 86 valence electrons. The lowest BCUT2D eigenvalue weighted by Crippen LogP contribution is -2.27. The van der Waals surface area contributed by atoms with E-state index in [1.54, 1.807) is 0 Å². The van der Waals surface area contributed by atoms with E-state index in [1.807, 2.05) is 6.92 Å². The first-order valence-electron chi connectivity index (χ1n) is 5.82. The fourth-order valence-corrected chi connectivity index (χ4v) is 1.83. The second-order valence-corrected chi connectivity index (χ2v) is 3.94. The minimum absolute atomic E-state index is 0.122. The molecule has 0 amide bonds. The van der Waals surface area contributed by atoms with Crippen LogP contribution in [0.4, 0.5) is 0 Å². The molecule has 3 heteroatoms. The third kappa shape index (κ3) is 3.36. The van der Waals surface area contributed by atoms with E-state index >= 15 is 0 Å². The number of aromatic nitrogens is 1. The SMILES string of the molecule is CCN(CC)CCn1cccc1C(C)N. The number of hydrogen-bond acceptors (Lipinski definition) is 2. The standard InChI is InChI=1S/C12H23N3/c1-4-14(5-2)9-10-15-8-6-7-12(15)11(3)13/h6-8,11H,4-5,9-10,13H2,1-3H3. The summed E-state index contributed by atoms with van der Waals surface area (Å²) in [6.45, 7) is 10.8. The molecule has 3 nitrogen and oxygen atoms in total. The van der Waals surface area contributed by atoms with Crippen LogP contribution in [0.1, 0.15) is 32.5 Å². The van der Waals surface area contributed by atoms with E-state index in [1.165, 1.54) is 5.69 Å². The van der Waals surface area contributed by atoms with E-state index in [2.05, 4.69) is 41.6 Å². The average Bonchev–Trinajstić information content (AvgIpc) is 2.67. The summed E-state index contributed by atoms with van der Waals surface area (Å²) in [7, 11) is 0. The van der Waals surface area contributed by atoms with Crippen LogP contribution in [-0.2, 0) is 6.54 Å². The maximum Gasteiger partial charge on any atom is 0.0421 e. The van der Waals surface area contributed by atoms with Gasteiger partial charge in [-0.2, -0.15) is 0 Å². The summed E-state index contributed by atoms with van der Waals surface area (Å²) in [5.74, 6) is 0. The monoisotopic (exact) mass is 209 g/mol. The van der Waals surface area contributed by atoms with Gasteiger partial charge in [-0.15, -0.1) is 0 Å². The number of hydrogen-bond donors (Lipinski definition) is 1. The van der Waals surface area contributed by atoms with Crippen molar-refractivity contribution in [2.75, 3.05) is 19.6 Å². The number of rotatable bonds is 6. The molecular weight excluding hydrogens is 186 g/mol. The highest BCUT2D eigenvalue weighted by Gasteiger charge is 2.06. The van der Waals surface area contributed by atoms with Crippen LogP contribution < -0.4 is 5.73 Å². The molecule has 0 aliphatic carbocycles. The van der Waals surface area contributed by atoms with E-state index in [-0.39, 0.29) is 6.04 Å². The molecule has 0 aliphatic rings. The van der Waals surface area contributed by atoms with Crippen molar-refractivity contribution < 1.29 is 0 Å². The van der Waals surface area contributed by atoms with Gasteiger partial charge < -0.3 is 15.2 Å². The van der Waals surface area contributed by atoms with Gasteiger partial charge in [-0.25, -0.2) is 0 Å². The zero-order valence-electron chi connectivity index (χ0n) is 10.1. The molecule has 2 N–H and O–H groups in total. The Morgan fingerprint density at radius 2 is 2.07 bits per heavy atom. The topological polar surface area (TPSA) is 34.2 Å². The highest BCUT2D eigenvalue weighted by molar-refractivity contribution is 5.10. The summed E-state index contributed by atoms with van der Waals surface area (Å²) in [5, 5.41) is 0. The predicted molar refractivity (Wildman–Crippen MR) is 64.8 cm³/mol. The van der Waals surface area contributed by atoms with Gasteiger partial charge in [0, 0.05) is 31.0 Å². The zero-order valence-corrected chi connectivity index (χ0v) is 10.1. The molecule has 0 saturated carbocycles. The van der Waals surface area contributed by atoms with E-state index < -0.39 is 0 Å². The third-order valence-electron chi connectivity index (χ3n) is 2.88. The largest absolute Gasteiger partial charge is 0.349 e. The Bertz CT molecular complexity index is 274. The molecule has 0 radical (unpaired) electrons. The molecular formula is C12H23N3. The van der Waals surface area contributed by atoms with E-state index in [9.17, 15) is 0 Å². The maximum absolute atomic E-state index is 5.90. The van der Waals surface area contributed by atoms with Gasteiger partial charge in [0.1, 0.15) is 0 Å². The summed E-state index contributed by atoms with van der Waals surface area (Å²) in [6.07, 6.45) is 2.11. The van der Waals surface area contributed by atoms with E-state index in [0.717, 1.165) is 26.2 Å². The molecule has 1 heterocycles. The van der Waals surface area contributed by atoms with E-state index in [0.29, 0.717) is 0 Å². The van der Waals surface area contributed by atoms with Crippen molar-refractivity contribution in [2.24, 2.45) is 5.73 Å². The molecule has 1 rings (SSSR count). The second-order valence-electron chi connectivity index (χ2n) is 3.94. The molecule has 0 spiro atoms. The van der Waals surface area contributed by atoms with Crippen LogP contribution in [0.3, 0.4) is 0 Å². The van der Waals surface area contributed by atoms with Crippen molar-refractivity contribution >= 4 is 0 Å². The smallest absolute Gasteiger partial charge is 0.0421 e. The second kappa shape index (κ2) is 5.93. The van der Waals surface area contributed by atoms with Gasteiger partial charge in [-0.3, -0.25) is 0 Å². The average molecular weight is 209 g/mol. The summed E-state index contributed by atoms with van der Waals surface area (Å²) in [6, 6.07) is 4.30. The van der Waals surface area contributed by atoms with Crippen LogP contribution in [0.15, 0.2) is 18.3 Å². The summed E-state index contributed by atoms with van der Waals surface area (Å²) < 4.78 is 2.25. The molecule has 1 atom stereocenters. The first-order chi connectivity index (χ1) is 7.19. The van der Waals surface area contributed by atoms with Crippen LogP contribution >= 0.6 is 0 Å². The number of nitrogens with zero attached hydrogens (tertiary/aromatic N) is 2. The highest BCUT2D eigenvalue weighted by Crippen LogP contribution is 2.10. The quantitative estimate of drug-likeness (QED) is 0.776. The van der Waals surface area contributed by atoms with Gasteiger partial charge in [0.05, 0.1) is 0 Å². The van der Waals surface area contributed by atoms with Gasteiger partial charge in [0.25, 0.3) is 0 Å². The fourth-order valence-electron chi connectivity index (χ4n) is 1.83. The molecule has 0 bridgehead atoms. The van der Waals surface area contributed by atoms with Crippen LogP contribution in [0.25, 0.3) is 0 Å². The third-order valence-corrected chi connectivity index (χ3v) is 2.88. The number of nitrogens with two attached hydrogens (primary N) is 1. The minimum Gasteiger partial charge on any atom is -0.349 e. The van der Waals surface area contributed by atoms with Gasteiger partial charge >= 0.3 is 0 Å². The Hall–Kier alpha value is -0.800. The normalized spacial score (nSPS) is 13.4. The van der Waals surface area contributed by atoms with Crippen LogP contribution in [0, 0.1) is 0 Å². The molecule has 1 unspecified atom stereocenters. The Morgan fingerprint density at radius 3 is 2.60 bits per heavy atom. The zero-order chi connectivity index (χ0) is 11.3. The first-order valence-corrected chi connectivity index (χ1v) is 5.82. The van der Waals surface area contributed by atoms with Crippen molar-refractivity contribution in [3.8, 4) is 0 Å². The molecule has 15 heavy (non-hydrogen) atoms. The van der Waals surface area contributed by atoms with Crippen molar-refractivity contribution in [1.82, 2.24) is 9.47 Å². The summed E-state index contributed by atoms with van der Waals surface area (Å²) in [5.41, 5.74) is 7.12. The lowest BCUT2D eigenvalue weighted by atomic mass is 10.2. The van der Waals surface area contributed by atoms with Gasteiger partial charge in [0.2, 0.25) is 0 Å².